The molecule has 41 valence electrons. The van der Waals surface area contributed by atoms with E-state index < -0.39 is 0 Å². The Morgan fingerprint density at radius 1 is 1.75 bits per heavy atom. The van der Waals surface area contributed by atoms with Crippen molar-refractivity contribution >= 4 is 15.9 Å². The highest BCUT2D eigenvalue weighted by atomic mass is 79.9. The van der Waals surface area contributed by atoms with Crippen LogP contribution in [0.3, 0.4) is 0 Å². The van der Waals surface area contributed by atoms with E-state index in [0.717, 1.165) is 0 Å². The Morgan fingerprint density at radius 2 is 2.50 bits per heavy atom. The van der Waals surface area contributed by atoms with Crippen LogP contribution in [0.4, 0.5) is 4.39 Å². The average Bonchev–Trinajstić information content (AvgIpc) is 1.77. The molecular weight excluding hydrogens is 173 g/mol. The Morgan fingerprint density at radius 3 is 2.88 bits per heavy atom. The highest BCUT2D eigenvalue weighted by Gasteiger charge is 1.92. The molecule has 0 amide bonds. The predicted octanol–water partition coefficient (Wildman–Crippen LogP) is 1.78. The lowest BCUT2D eigenvalue weighted by Crippen LogP contribution is -1.76. The van der Waals surface area contributed by atoms with Crippen molar-refractivity contribution in [1.29, 1.82) is 0 Å². The van der Waals surface area contributed by atoms with Gasteiger partial charge in [0.2, 0.25) is 0 Å². The lowest BCUT2D eigenvalue weighted by molar-refractivity contribution is 0.618. The normalized spacial score (nSPS) is 9.25. The number of nitrogens with zero attached hydrogens (tertiary/aromatic N) is 1. The quantitative estimate of drug-likeness (QED) is 0.585. The van der Waals surface area contributed by atoms with Crippen molar-refractivity contribution in [3.05, 3.63) is 28.7 Å². The molecule has 1 nitrogen and oxygen atoms in total. The van der Waals surface area contributed by atoms with Gasteiger partial charge in [-0.15, -0.1) is 0 Å². The van der Waals surface area contributed by atoms with Gasteiger partial charge in [0.1, 0.15) is 5.82 Å². The van der Waals surface area contributed by atoms with Gasteiger partial charge in [-0.25, -0.2) is 4.39 Å². The minimum atomic E-state index is -0.333. The summed E-state index contributed by atoms with van der Waals surface area (Å²) in [6.07, 6.45) is 3.70. The molecular formula is C5H2BrFN. The Bertz CT molecular complexity index is 169. The molecule has 0 aromatic carbocycles. The third-order valence-electron chi connectivity index (χ3n) is 0.672. The average molecular weight is 175 g/mol. The summed E-state index contributed by atoms with van der Waals surface area (Å²) < 4.78 is 12.6. The van der Waals surface area contributed by atoms with Gasteiger partial charge in [0.05, 0.1) is 10.7 Å². The fraction of sp³-hybridized carbons (Fsp3) is 0. The lowest BCUT2D eigenvalue weighted by atomic mass is 10.5. The van der Waals surface area contributed by atoms with Gasteiger partial charge in [0.25, 0.3) is 0 Å². The molecule has 0 unspecified atom stereocenters. The molecule has 1 radical (unpaired) electrons. The summed E-state index contributed by atoms with van der Waals surface area (Å²) in [7, 11) is 0. The topological polar surface area (TPSA) is 12.9 Å². The van der Waals surface area contributed by atoms with Gasteiger partial charge in [-0.3, -0.25) is 4.98 Å². The van der Waals surface area contributed by atoms with E-state index in [1.54, 1.807) is 0 Å². The van der Waals surface area contributed by atoms with Crippen LogP contribution in [0.25, 0.3) is 0 Å². The number of hydrogen-bond donors (Lipinski definition) is 0. The van der Waals surface area contributed by atoms with E-state index >= 15 is 0 Å². The van der Waals surface area contributed by atoms with Crippen LogP contribution in [0.2, 0.25) is 0 Å². The van der Waals surface area contributed by atoms with Crippen LogP contribution >= 0.6 is 15.9 Å². The van der Waals surface area contributed by atoms with Crippen LogP contribution in [-0.2, 0) is 0 Å². The van der Waals surface area contributed by atoms with Crippen molar-refractivity contribution in [2.45, 2.75) is 0 Å². The zero-order valence-corrected chi connectivity index (χ0v) is 5.44. The predicted molar refractivity (Wildman–Crippen MR) is 30.7 cm³/mol. The van der Waals surface area contributed by atoms with Crippen LogP contribution in [0.5, 0.6) is 0 Å². The third-order valence-corrected chi connectivity index (χ3v) is 1.26. The number of hydrogen-bond acceptors (Lipinski definition) is 1. The second-order valence-corrected chi connectivity index (χ2v) is 2.08. The molecule has 0 aliphatic carbocycles. The Labute approximate surface area is 54.7 Å². The molecule has 0 atom stereocenters. The summed E-state index contributed by atoms with van der Waals surface area (Å²) in [4.78, 5) is 3.53. The summed E-state index contributed by atoms with van der Waals surface area (Å²) in [5.74, 6) is -0.333. The van der Waals surface area contributed by atoms with Crippen LogP contribution in [0, 0.1) is 12.0 Å². The van der Waals surface area contributed by atoms with Crippen LogP contribution in [-0.4, -0.2) is 4.98 Å². The molecule has 0 aliphatic heterocycles. The van der Waals surface area contributed by atoms with Gasteiger partial charge < -0.3 is 0 Å². The molecule has 0 fully saturated rings. The van der Waals surface area contributed by atoms with Gasteiger partial charge in [0.15, 0.2) is 0 Å². The third kappa shape index (κ3) is 1.04. The van der Waals surface area contributed by atoms with E-state index in [4.69, 9.17) is 0 Å². The summed E-state index contributed by atoms with van der Waals surface area (Å²) in [6.45, 7) is 0. The lowest BCUT2D eigenvalue weighted by Gasteiger charge is -1.86. The minimum absolute atomic E-state index is 0.333. The van der Waals surface area contributed by atoms with Crippen molar-refractivity contribution in [1.82, 2.24) is 4.98 Å². The van der Waals surface area contributed by atoms with E-state index in [9.17, 15) is 4.39 Å². The first kappa shape index (κ1) is 5.69. The van der Waals surface area contributed by atoms with E-state index in [2.05, 4.69) is 27.1 Å². The molecule has 1 aromatic heterocycles. The highest BCUT2D eigenvalue weighted by Crippen LogP contribution is 2.10. The second-order valence-electron chi connectivity index (χ2n) is 1.23. The summed E-state index contributed by atoms with van der Waals surface area (Å²) in [5, 5.41) is 0. The molecule has 0 aliphatic rings. The maximum atomic E-state index is 12.2. The first-order valence-electron chi connectivity index (χ1n) is 1.98. The van der Waals surface area contributed by atoms with Crippen LogP contribution in [0.1, 0.15) is 0 Å². The number of rotatable bonds is 0. The largest absolute Gasteiger partial charge is 0.253 e. The van der Waals surface area contributed by atoms with Gasteiger partial charge in [-0.1, -0.05) is 0 Å². The smallest absolute Gasteiger partial charge is 0.141 e. The molecule has 0 bridgehead atoms. The van der Waals surface area contributed by atoms with Crippen molar-refractivity contribution in [3.8, 4) is 0 Å². The molecule has 1 heterocycles. The van der Waals surface area contributed by atoms with E-state index in [1.165, 1.54) is 12.3 Å². The molecule has 8 heavy (non-hydrogen) atoms. The second kappa shape index (κ2) is 2.22. The molecule has 3 heteroatoms. The fourth-order valence-electron chi connectivity index (χ4n) is 0.318. The Kier molecular flexibility index (Phi) is 1.58. The van der Waals surface area contributed by atoms with Crippen molar-refractivity contribution < 1.29 is 4.39 Å². The Balaban J connectivity index is 3.13. The first-order chi connectivity index (χ1) is 3.80. The molecule has 0 spiro atoms. The van der Waals surface area contributed by atoms with Gasteiger partial charge in [-0.2, -0.15) is 0 Å². The van der Waals surface area contributed by atoms with E-state index in [1.807, 2.05) is 0 Å². The van der Waals surface area contributed by atoms with Crippen LogP contribution in [0.15, 0.2) is 16.7 Å². The molecule has 1 rings (SSSR count). The molecule has 1 aromatic rings. The standard InChI is InChI=1S/C5H2BrFN/c6-4-3-8-2-1-5(4)7/h1,3H. The van der Waals surface area contributed by atoms with E-state index in [0.29, 0.717) is 4.47 Å². The zero-order valence-electron chi connectivity index (χ0n) is 3.86. The fourth-order valence-corrected chi connectivity index (χ4v) is 0.535. The molecule has 0 saturated heterocycles. The molecule has 0 saturated carbocycles. The van der Waals surface area contributed by atoms with Crippen molar-refractivity contribution in [3.63, 3.8) is 0 Å². The number of pyridine rings is 1. The Hall–Kier alpha value is -0.440. The monoisotopic (exact) mass is 174 g/mol. The van der Waals surface area contributed by atoms with Gasteiger partial charge >= 0.3 is 0 Å². The summed E-state index contributed by atoms with van der Waals surface area (Å²) in [5.41, 5.74) is 0. The minimum Gasteiger partial charge on any atom is -0.253 e. The number of aromatic nitrogens is 1. The summed E-state index contributed by atoms with van der Waals surface area (Å²) >= 11 is 2.94. The zero-order chi connectivity index (χ0) is 5.98. The van der Waals surface area contributed by atoms with Gasteiger partial charge in [0, 0.05) is 12.3 Å². The van der Waals surface area contributed by atoms with E-state index in [-0.39, 0.29) is 5.82 Å². The van der Waals surface area contributed by atoms with Crippen molar-refractivity contribution in [2.75, 3.05) is 0 Å². The molecule has 0 N–H and O–H groups in total. The van der Waals surface area contributed by atoms with Crippen molar-refractivity contribution in [2.24, 2.45) is 0 Å². The SMILES string of the molecule is Fc1c[c]ncc1Br. The number of halogens is 2. The van der Waals surface area contributed by atoms with Crippen LogP contribution < -0.4 is 0 Å². The van der Waals surface area contributed by atoms with Gasteiger partial charge in [-0.05, 0) is 15.9 Å². The summed E-state index contributed by atoms with van der Waals surface area (Å²) in [6, 6.07) is 1.17. The highest BCUT2D eigenvalue weighted by molar-refractivity contribution is 9.10. The first-order valence-corrected chi connectivity index (χ1v) is 2.77. The maximum Gasteiger partial charge on any atom is 0.141 e. The maximum absolute atomic E-state index is 12.2.